The third kappa shape index (κ3) is 5.53. The molecule has 0 unspecified atom stereocenters. The molecular formula is C5H10N2O3S. The predicted octanol–water partition coefficient (Wildman–Crippen LogP) is 0.0767. The minimum Gasteiger partial charge on any atom is -0.481 e. The highest BCUT2D eigenvalue weighted by Crippen LogP contribution is 1.97. The second-order valence-electron chi connectivity index (χ2n) is 1.96. The van der Waals surface area contributed by atoms with Gasteiger partial charge >= 0.3 is 12.0 Å². The number of aliphatic carboxylic acids is 1. The van der Waals surface area contributed by atoms with Crippen molar-refractivity contribution < 1.29 is 14.7 Å². The highest BCUT2D eigenvalue weighted by atomic mass is 32.1. The number of thiol groups is 1. The van der Waals surface area contributed by atoms with Crippen LogP contribution in [0.1, 0.15) is 12.8 Å². The minimum absolute atomic E-state index is 0.0182. The number of carboxylic acid groups (broad SMARTS) is 1. The number of carbonyl (C=O) groups is 2. The quantitative estimate of drug-likeness (QED) is 0.533. The normalized spacial score (nSPS) is 9.18. The van der Waals surface area contributed by atoms with Crippen molar-refractivity contribution in [2.24, 2.45) is 5.73 Å². The molecule has 5 nitrogen and oxygen atoms in total. The first-order chi connectivity index (χ1) is 5.04. The molecule has 0 rings (SSSR count). The van der Waals surface area contributed by atoms with Gasteiger partial charge in [-0.15, -0.1) is 0 Å². The molecule has 11 heavy (non-hydrogen) atoms. The van der Waals surface area contributed by atoms with E-state index in [0.29, 0.717) is 6.42 Å². The first kappa shape index (κ1) is 10.1. The lowest BCUT2D eigenvalue weighted by Gasteiger charge is -2.10. The number of nitrogens with zero attached hydrogens (tertiary/aromatic N) is 1. The van der Waals surface area contributed by atoms with Crippen molar-refractivity contribution in [3.63, 3.8) is 0 Å². The maximum Gasteiger partial charge on any atom is 0.324 e. The van der Waals surface area contributed by atoms with E-state index in [0.717, 1.165) is 4.31 Å². The van der Waals surface area contributed by atoms with Gasteiger partial charge in [-0.3, -0.25) is 9.10 Å². The molecule has 3 N–H and O–H groups in total. The van der Waals surface area contributed by atoms with Gasteiger partial charge in [-0.05, 0) is 6.42 Å². The van der Waals surface area contributed by atoms with E-state index in [9.17, 15) is 9.59 Å². The molecule has 0 aliphatic heterocycles. The zero-order valence-corrected chi connectivity index (χ0v) is 6.75. The smallest absolute Gasteiger partial charge is 0.324 e. The maximum atomic E-state index is 10.3. The summed E-state index contributed by atoms with van der Waals surface area (Å²) in [6.07, 6.45) is 0.381. The first-order valence-electron chi connectivity index (χ1n) is 3.01. The molecule has 0 aliphatic rings. The van der Waals surface area contributed by atoms with E-state index in [1.807, 2.05) is 0 Å². The van der Waals surface area contributed by atoms with Crippen LogP contribution in [-0.2, 0) is 4.79 Å². The number of urea groups is 1. The largest absolute Gasteiger partial charge is 0.481 e. The van der Waals surface area contributed by atoms with Crippen LogP contribution in [0.15, 0.2) is 0 Å². The van der Waals surface area contributed by atoms with E-state index >= 15 is 0 Å². The Bertz CT molecular complexity index is 162. The Balaban J connectivity index is 3.39. The van der Waals surface area contributed by atoms with Crippen molar-refractivity contribution in [2.45, 2.75) is 12.8 Å². The van der Waals surface area contributed by atoms with Crippen LogP contribution in [0.3, 0.4) is 0 Å². The second kappa shape index (κ2) is 4.84. The third-order valence-corrected chi connectivity index (χ3v) is 1.41. The molecular weight excluding hydrogens is 168 g/mol. The van der Waals surface area contributed by atoms with Gasteiger partial charge in [0.2, 0.25) is 0 Å². The van der Waals surface area contributed by atoms with E-state index < -0.39 is 12.0 Å². The molecule has 0 aromatic heterocycles. The van der Waals surface area contributed by atoms with Crippen molar-refractivity contribution in [1.29, 1.82) is 0 Å². The number of rotatable bonds is 4. The summed E-state index contributed by atoms with van der Waals surface area (Å²) < 4.78 is 0.975. The van der Waals surface area contributed by atoms with Gasteiger partial charge in [0.1, 0.15) is 0 Å². The Kier molecular flexibility index (Phi) is 4.44. The van der Waals surface area contributed by atoms with Crippen molar-refractivity contribution in [1.82, 2.24) is 4.31 Å². The van der Waals surface area contributed by atoms with Crippen molar-refractivity contribution in [3.05, 3.63) is 0 Å². The van der Waals surface area contributed by atoms with Crippen LogP contribution in [-0.4, -0.2) is 28.0 Å². The Morgan fingerprint density at radius 3 is 2.45 bits per heavy atom. The zero-order chi connectivity index (χ0) is 8.85. The lowest BCUT2D eigenvalue weighted by molar-refractivity contribution is -0.137. The van der Waals surface area contributed by atoms with Crippen LogP contribution in [0.5, 0.6) is 0 Å². The Morgan fingerprint density at radius 2 is 2.09 bits per heavy atom. The van der Waals surface area contributed by atoms with Crippen molar-refractivity contribution in [2.75, 3.05) is 6.54 Å². The average molecular weight is 178 g/mol. The summed E-state index contributed by atoms with van der Waals surface area (Å²) in [7, 11) is 0. The van der Waals surface area contributed by atoms with Gasteiger partial charge in [-0.1, -0.05) is 12.8 Å². The lowest BCUT2D eigenvalue weighted by atomic mass is 10.3. The summed E-state index contributed by atoms with van der Waals surface area (Å²) >= 11 is 3.69. The number of amides is 2. The molecule has 0 spiro atoms. The number of nitrogens with two attached hydrogens (primary N) is 1. The van der Waals surface area contributed by atoms with Crippen LogP contribution in [0.25, 0.3) is 0 Å². The van der Waals surface area contributed by atoms with Crippen LogP contribution in [0.4, 0.5) is 4.79 Å². The number of primary amides is 1. The number of carboxylic acids is 1. The summed E-state index contributed by atoms with van der Waals surface area (Å²) in [6, 6.07) is -0.668. The summed E-state index contributed by atoms with van der Waals surface area (Å²) in [4.78, 5) is 20.3. The van der Waals surface area contributed by atoms with Crippen LogP contribution in [0.2, 0.25) is 0 Å². The molecule has 0 aromatic rings. The number of hydrogen-bond donors (Lipinski definition) is 3. The van der Waals surface area contributed by atoms with Crippen LogP contribution < -0.4 is 5.73 Å². The first-order valence-corrected chi connectivity index (χ1v) is 3.41. The highest BCUT2D eigenvalue weighted by molar-refractivity contribution is 7.78. The van der Waals surface area contributed by atoms with Gasteiger partial charge in [0, 0.05) is 13.0 Å². The van der Waals surface area contributed by atoms with Crippen LogP contribution in [0, 0.1) is 0 Å². The minimum atomic E-state index is -0.892. The topological polar surface area (TPSA) is 83.6 Å². The van der Waals surface area contributed by atoms with E-state index in [-0.39, 0.29) is 13.0 Å². The van der Waals surface area contributed by atoms with E-state index in [2.05, 4.69) is 12.8 Å². The molecule has 0 saturated carbocycles. The molecule has 0 bridgehead atoms. The summed E-state index contributed by atoms with van der Waals surface area (Å²) in [5.74, 6) is -0.892. The number of hydrogen-bond acceptors (Lipinski definition) is 3. The number of carbonyl (C=O) groups excluding carboxylic acids is 1. The molecule has 0 fully saturated rings. The fourth-order valence-corrected chi connectivity index (χ4v) is 0.632. The van der Waals surface area contributed by atoms with Gasteiger partial charge < -0.3 is 10.8 Å². The van der Waals surface area contributed by atoms with E-state index in [1.54, 1.807) is 0 Å². The molecule has 2 amide bonds. The van der Waals surface area contributed by atoms with Gasteiger partial charge in [0.05, 0.1) is 0 Å². The Morgan fingerprint density at radius 1 is 1.55 bits per heavy atom. The highest BCUT2D eigenvalue weighted by Gasteiger charge is 2.04. The van der Waals surface area contributed by atoms with Gasteiger partial charge in [0.25, 0.3) is 0 Å². The molecule has 0 atom stereocenters. The van der Waals surface area contributed by atoms with E-state index in [1.165, 1.54) is 0 Å². The SMILES string of the molecule is NC(=O)N(S)CCCC(=O)O. The molecule has 0 aliphatic carbocycles. The third-order valence-electron chi connectivity index (χ3n) is 1.01. The lowest BCUT2D eigenvalue weighted by Crippen LogP contribution is -2.28. The zero-order valence-electron chi connectivity index (χ0n) is 5.86. The monoisotopic (exact) mass is 178 g/mol. The standard InChI is InChI=1S/C5H10N2O3S/c6-5(10)7(11)3-1-2-4(8)9/h11H,1-3H2,(H2,6,10)(H,8,9). The average Bonchev–Trinajstić information content (AvgIpc) is 1.86. The van der Waals surface area contributed by atoms with Crippen molar-refractivity contribution >= 4 is 24.8 Å². The fourth-order valence-electron chi connectivity index (χ4n) is 0.490. The molecule has 0 radical (unpaired) electrons. The molecule has 0 saturated heterocycles. The van der Waals surface area contributed by atoms with Gasteiger partial charge in [0.15, 0.2) is 0 Å². The van der Waals surface area contributed by atoms with E-state index in [4.69, 9.17) is 10.8 Å². The predicted molar refractivity (Wildman–Crippen MR) is 42.1 cm³/mol. The molecule has 0 heterocycles. The summed E-state index contributed by atoms with van der Waals surface area (Å²) in [6.45, 7) is 0.255. The molecule has 64 valence electrons. The molecule has 0 aromatic carbocycles. The Labute approximate surface area is 69.7 Å². The fraction of sp³-hybridized carbons (Fsp3) is 0.600. The Hall–Kier alpha value is -0.910. The van der Waals surface area contributed by atoms with Crippen LogP contribution >= 0.6 is 12.8 Å². The van der Waals surface area contributed by atoms with Crippen molar-refractivity contribution in [3.8, 4) is 0 Å². The second-order valence-corrected chi connectivity index (χ2v) is 2.44. The maximum absolute atomic E-state index is 10.3. The van der Waals surface area contributed by atoms with Gasteiger partial charge in [-0.25, -0.2) is 4.79 Å². The van der Waals surface area contributed by atoms with Gasteiger partial charge in [-0.2, -0.15) is 0 Å². The summed E-state index contributed by atoms with van der Waals surface area (Å²) in [5, 5.41) is 8.21. The summed E-state index contributed by atoms with van der Waals surface area (Å²) in [5.41, 5.74) is 4.82. The molecule has 6 heteroatoms.